The molecule has 0 saturated carbocycles. The van der Waals surface area contributed by atoms with Crippen LogP contribution in [0.2, 0.25) is 0 Å². The Bertz CT molecular complexity index is 829. The summed E-state index contributed by atoms with van der Waals surface area (Å²) in [7, 11) is 4.45. The highest BCUT2D eigenvalue weighted by atomic mass is 16.5. The minimum atomic E-state index is -0.455. The third-order valence-electron chi connectivity index (χ3n) is 4.56. The van der Waals surface area contributed by atoms with Crippen molar-refractivity contribution in [1.29, 1.82) is 0 Å². The summed E-state index contributed by atoms with van der Waals surface area (Å²) in [5.74, 6) is 0.697. The lowest BCUT2D eigenvalue weighted by atomic mass is 9.96. The molecule has 1 heterocycles. The van der Waals surface area contributed by atoms with Crippen LogP contribution in [0.1, 0.15) is 31.8 Å². The van der Waals surface area contributed by atoms with Gasteiger partial charge < -0.3 is 19.1 Å². The predicted octanol–water partition coefficient (Wildman–Crippen LogP) is 2.69. The maximum absolute atomic E-state index is 12.8. The second kappa shape index (κ2) is 7.47. The zero-order valence-electron chi connectivity index (χ0n) is 15.1. The smallest absolute Gasteiger partial charge is 0.341 e. The Kier molecular flexibility index (Phi) is 5.11. The summed E-state index contributed by atoms with van der Waals surface area (Å²) in [5.41, 5.74) is 2.98. The molecular formula is C20H21NO5. The van der Waals surface area contributed by atoms with Crippen LogP contribution in [0.3, 0.4) is 0 Å². The molecule has 0 atom stereocenters. The molecule has 1 aliphatic heterocycles. The van der Waals surface area contributed by atoms with Gasteiger partial charge in [0.25, 0.3) is 5.91 Å². The van der Waals surface area contributed by atoms with Gasteiger partial charge in [-0.1, -0.05) is 0 Å². The highest BCUT2D eigenvalue weighted by molar-refractivity contribution is 5.95. The number of nitrogens with zero attached hydrogens (tertiary/aromatic N) is 1. The third-order valence-corrected chi connectivity index (χ3v) is 4.56. The third kappa shape index (κ3) is 3.35. The van der Waals surface area contributed by atoms with E-state index in [9.17, 15) is 9.59 Å². The highest BCUT2D eigenvalue weighted by Gasteiger charge is 2.25. The largest absolute Gasteiger partial charge is 0.497 e. The normalized spacial score (nSPS) is 13.0. The molecule has 0 N–H and O–H groups in total. The van der Waals surface area contributed by atoms with E-state index in [2.05, 4.69) is 0 Å². The Hall–Kier alpha value is -3.02. The van der Waals surface area contributed by atoms with E-state index in [1.807, 2.05) is 6.07 Å². The van der Waals surface area contributed by atoms with Crippen LogP contribution in [0.5, 0.6) is 11.5 Å². The zero-order chi connectivity index (χ0) is 18.7. The molecule has 26 heavy (non-hydrogen) atoms. The Morgan fingerprint density at radius 1 is 0.962 bits per heavy atom. The maximum Gasteiger partial charge on any atom is 0.341 e. The molecule has 0 aromatic heterocycles. The molecule has 1 amide bonds. The van der Waals surface area contributed by atoms with Gasteiger partial charge in [0.2, 0.25) is 0 Å². The lowest BCUT2D eigenvalue weighted by molar-refractivity contribution is 0.0597. The Morgan fingerprint density at radius 3 is 2.31 bits per heavy atom. The maximum atomic E-state index is 12.8. The second-order valence-corrected chi connectivity index (χ2v) is 6.02. The molecule has 0 fully saturated rings. The van der Waals surface area contributed by atoms with Crippen molar-refractivity contribution in [2.45, 2.75) is 13.0 Å². The molecule has 1 aliphatic rings. The van der Waals surface area contributed by atoms with Gasteiger partial charge >= 0.3 is 5.97 Å². The number of ether oxygens (including phenoxy) is 3. The summed E-state index contributed by atoms with van der Waals surface area (Å²) in [6, 6.07) is 10.7. The van der Waals surface area contributed by atoms with Crippen molar-refractivity contribution in [3.63, 3.8) is 0 Å². The first kappa shape index (κ1) is 17.8. The van der Waals surface area contributed by atoms with Crippen LogP contribution < -0.4 is 9.47 Å². The number of methoxy groups -OCH3 is 3. The minimum Gasteiger partial charge on any atom is -0.497 e. The minimum absolute atomic E-state index is 0.0475. The number of benzene rings is 2. The van der Waals surface area contributed by atoms with E-state index in [1.165, 1.54) is 14.2 Å². The molecular weight excluding hydrogens is 334 g/mol. The number of hydrogen-bond acceptors (Lipinski definition) is 5. The monoisotopic (exact) mass is 355 g/mol. The molecule has 6 heteroatoms. The van der Waals surface area contributed by atoms with E-state index in [0.29, 0.717) is 42.1 Å². The van der Waals surface area contributed by atoms with Gasteiger partial charge in [0.1, 0.15) is 17.1 Å². The lowest BCUT2D eigenvalue weighted by Gasteiger charge is -2.29. The number of rotatable bonds is 4. The van der Waals surface area contributed by atoms with Crippen LogP contribution in [0.15, 0.2) is 36.4 Å². The summed E-state index contributed by atoms with van der Waals surface area (Å²) < 4.78 is 15.3. The van der Waals surface area contributed by atoms with Crippen molar-refractivity contribution in [3.05, 3.63) is 58.7 Å². The second-order valence-electron chi connectivity index (χ2n) is 6.02. The van der Waals surface area contributed by atoms with Gasteiger partial charge in [0.15, 0.2) is 0 Å². The topological polar surface area (TPSA) is 65.1 Å². The molecule has 3 rings (SSSR count). The Balaban J connectivity index is 1.85. The SMILES string of the molecule is COC(=O)c1cc2c(cc1OC)CCN(C(=O)c1ccc(OC)cc1)C2. The summed E-state index contributed by atoms with van der Waals surface area (Å²) in [6.07, 6.45) is 0.703. The zero-order valence-corrected chi connectivity index (χ0v) is 15.1. The molecule has 0 bridgehead atoms. The summed E-state index contributed by atoms with van der Waals surface area (Å²) in [6.45, 7) is 1.05. The van der Waals surface area contributed by atoms with Gasteiger partial charge in [-0.3, -0.25) is 4.79 Å². The summed E-state index contributed by atoms with van der Waals surface area (Å²) in [5, 5.41) is 0. The molecule has 0 spiro atoms. The molecule has 6 nitrogen and oxygen atoms in total. The van der Waals surface area contributed by atoms with E-state index in [-0.39, 0.29) is 5.91 Å². The number of carbonyl (C=O) groups excluding carboxylic acids is 2. The fourth-order valence-corrected chi connectivity index (χ4v) is 3.11. The highest BCUT2D eigenvalue weighted by Crippen LogP contribution is 2.29. The fraction of sp³-hybridized carbons (Fsp3) is 0.300. The lowest BCUT2D eigenvalue weighted by Crippen LogP contribution is -2.36. The van der Waals surface area contributed by atoms with Crippen LogP contribution in [0.25, 0.3) is 0 Å². The van der Waals surface area contributed by atoms with E-state index in [1.54, 1.807) is 42.3 Å². The van der Waals surface area contributed by atoms with E-state index in [0.717, 1.165) is 11.1 Å². The van der Waals surface area contributed by atoms with E-state index >= 15 is 0 Å². The van der Waals surface area contributed by atoms with Gasteiger partial charge in [-0.2, -0.15) is 0 Å². The molecule has 2 aromatic rings. The first-order valence-electron chi connectivity index (χ1n) is 8.28. The molecule has 0 radical (unpaired) electrons. The number of carbonyl (C=O) groups is 2. The van der Waals surface area contributed by atoms with Crippen LogP contribution >= 0.6 is 0 Å². The summed E-state index contributed by atoms with van der Waals surface area (Å²) in [4.78, 5) is 26.5. The van der Waals surface area contributed by atoms with Gasteiger partial charge in [-0.15, -0.1) is 0 Å². The quantitative estimate of drug-likeness (QED) is 0.789. The van der Waals surface area contributed by atoms with E-state index < -0.39 is 5.97 Å². The van der Waals surface area contributed by atoms with Crippen molar-refractivity contribution in [2.24, 2.45) is 0 Å². The number of hydrogen-bond donors (Lipinski definition) is 0. The van der Waals surface area contributed by atoms with Gasteiger partial charge in [-0.25, -0.2) is 4.79 Å². The molecule has 0 aliphatic carbocycles. The molecule has 0 saturated heterocycles. The predicted molar refractivity (Wildman–Crippen MR) is 95.8 cm³/mol. The molecule has 0 unspecified atom stereocenters. The van der Waals surface area contributed by atoms with Crippen molar-refractivity contribution in [2.75, 3.05) is 27.9 Å². The van der Waals surface area contributed by atoms with Crippen molar-refractivity contribution in [3.8, 4) is 11.5 Å². The van der Waals surface area contributed by atoms with Crippen LogP contribution in [-0.4, -0.2) is 44.7 Å². The molecule has 136 valence electrons. The average Bonchev–Trinajstić information content (AvgIpc) is 2.71. The van der Waals surface area contributed by atoms with Crippen LogP contribution in [-0.2, 0) is 17.7 Å². The first-order chi connectivity index (χ1) is 12.6. The van der Waals surface area contributed by atoms with Crippen LogP contribution in [0, 0.1) is 0 Å². The van der Waals surface area contributed by atoms with Gasteiger partial charge in [0, 0.05) is 18.7 Å². The van der Waals surface area contributed by atoms with Gasteiger partial charge in [0.05, 0.1) is 21.3 Å². The first-order valence-corrected chi connectivity index (χ1v) is 8.28. The number of esters is 1. The van der Waals surface area contributed by atoms with Crippen molar-refractivity contribution in [1.82, 2.24) is 4.90 Å². The summed E-state index contributed by atoms with van der Waals surface area (Å²) >= 11 is 0. The Labute approximate surface area is 152 Å². The Morgan fingerprint density at radius 2 is 1.69 bits per heavy atom. The standard InChI is InChI=1S/C20H21NO5/c1-24-16-6-4-13(5-7-16)19(22)21-9-8-14-11-18(25-2)17(20(23)26-3)10-15(14)12-21/h4-7,10-11H,8-9,12H2,1-3H3. The number of amides is 1. The van der Waals surface area contributed by atoms with Crippen molar-refractivity contribution >= 4 is 11.9 Å². The molecule has 2 aromatic carbocycles. The fourth-order valence-electron chi connectivity index (χ4n) is 3.11. The van der Waals surface area contributed by atoms with Gasteiger partial charge in [-0.05, 0) is 53.9 Å². The van der Waals surface area contributed by atoms with E-state index in [4.69, 9.17) is 14.2 Å². The van der Waals surface area contributed by atoms with Crippen LogP contribution in [0.4, 0.5) is 0 Å². The average molecular weight is 355 g/mol. The van der Waals surface area contributed by atoms with Crippen molar-refractivity contribution < 1.29 is 23.8 Å². The number of fused-ring (bicyclic) bond motifs is 1.